The molecule has 1 saturated heterocycles. The summed E-state index contributed by atoms with van der Waals surface area (Å²) in [6.07, 6.45) is 3.59. The van der Waals surface area contributed by atoms with E-state index >= 15 is 0 Å². The summed E-state index contributed by atoms with van der Waals surface area (Å²) in [5.41, 5.74) is 0.896. The van der Waals surface area contributed by atoms with E-state index in [9.17, 15) is 9.59 Å². The third kappa shape index (κ3) is 2.47. The van der Waals surface area contributed by atoms with E-state index in [0.29, 0.717) is 12.4 Å². The number of aryl methyl sites for hydroxylation is 1. The SMILES string of the molecule is Cc1cc(NC(=O)C2CCCN2C(=O)C2CC2)n[nH]1. The number of hydrogen-bond donors (Lipinski definition) is 2. The number of H-pyrrole nitrogens is 1. The average molecular weight is 262 g/mol. The topological polar surface area (TPSA) is 78.1 Å². The van der Waals surface area contributed by atoms with Crippen molar-refractivity contribution >= 4 is 17.6 Å². The lowest BCUT2D eigenvalue weighted by Crippen LogP contribution is -2.43. The molecule has 3 rings (SSSR count). The minimum atomic E-state index is -0.329. The van der Waals surface area contributed by atoms with Gasteiger partial charge in [0, 0.05) is 24.2 Å². The summed E-state index contributed by atoms with van der Waals surface area (Å²) in [5, 5.41) is 9.54. The molecule has 2 heterocycles. The molecule has 1 aromatic rings. The van der Waals surface area contributed by atoms with Crippen LogP contribution >= 0.6 is 0 Å². The lowest BCUT2D eigenvalue weighted by molar-refractivity contribution is -0.137. The summed E-state index contributed by atoms with van der Waals surface area (Å²) in [6.45, 7) is 2.58. The van der Waals surface area contributed by atoms with E-state index in [-0.39, 0.29) is 23.8 Å². The molecule has 2 N–H and O–H groups in total. The van der Waals surface area contributed by atoms with Crippen LogP contribution < -0.4 is 5.32 Å². The first-order valence-corrected chi connectivity index (χ1v) is 6.78. The molecule has 1 aliphatic heterocycles. The van der Waals surface area contributed by atoms with Gasteiger partial charge in [0.15, 0.2) is 5.82 Å². The summed E-state index contributed by atoms with van der Waals surface area (Å²) in [6, 6.07) is 1.45. The number of aromatic amines is 1. The summed E-state index contributed by atoms with van der Waals surface area (Å²) in [4.78, 5) is 26.1. The lowest BCUT2D eigenvalue weighted by atomic mass is 10.2. The molecular weight excluding hydrogens is 244 g/mol. The quantitative estimate of drug-likeness (QED) is 0.855. The van der Waals surface area contributed by atoms with Crippen molar-refractivity contribution in [2.24, 2.45) is 5.92 Å². The Balaban J connectivity index is 1.66. The van der Waals surface area contributed by atoms with Gasteiger partial charge in [0.1, 0.15) is 6.04 Å². The van der Waals surface area contributed by atoms with Crippen molar-refractivity contribution in [1.29, 1.82) is 0 Å². The highest BCUT2D eigenvalue weighted by Gasteiger charge is 2.40. The minimum Gasteiger partial charge on any atom is -0.330 e. The lowest BCUT2D eigenvalue weighted by Gasteiger charge is -2.23. The predicted molar refractivity (Wildman–Crippen MR) is 69.4 cm³/mol. The van der Waals surface area contributed by atoms with Gasteiger partial charge in [0.05, 0.1) is 0 Å². The van der Waals surface area contributed by atoms with E-state index in [2.05, 4.69) is 15.5 Å². The average Bonchev–Trinajstić information content (AvgIpc) is 2.97. The number of nitrogens with one attached hydrogen (secondary N) is 2. The standard InChI is InChI=1S/C13H18N4O2/c1-8-7-11(16-15-8)14-12(18)10-3-2-6-17(10)13(19)9-4-5-9/h7,9-10H,2-6H2,1H3,(H2,14,15,16,18). The second kappa shape index (κ2) is 4.68. The smallest absolute Gasteiger partial charge is 0.248 e. The van der Waals surface area contributed by atoms with Crippen LogP contribution in [-0.4, -0.2) is 39.5 Å². The number of rotatable bonds is 3. The number of anilines is 1. The van der Waals surface area contributed by atoms with Gasteiger partial charge in [-0.25, -0.2) is 0 Å². The molecule has 6 nitrogen and oxygen atoms in total. The number of likely N-dealkylation sites (tertiary alicyclic amines) is 1. The van der Waals surface area contributed by atoms with Crippen molar-refractivity contribution in [1.82, 2.24) is 15.1 Å². The molecule has 0 bridgehead atoms. The largest absolute Gasteiger partial charge is 0.330 e. The Morgan fingerprint density at radius 2 is 2.21 bits per heavy atom. The number of carbonyl (C=O) groups excluding carboxylic acids is 2. The first-order chi connectivity index (χ1) is 9.15. The molecule has 0 spiro atoms. The third-order valence-corrected chi connectivity index (χ3v) is 3.72. The van der Waals surface area contributed by atoms with Crippen molar-refractivity contribution in [2.75, 3.05) is 11.9 Å². The highest BCUT2D eigenvalue weighted by Crippen LogP contribution is 2.33. The van der Waals surface area contributed by atoms with E-state index in [0.717, 1.165) is 31.4 Å². The van der Waals surface area contributed by atoms with Crippen LogP contribution in [0.5, 0.6) is 0 Å². The van der Waals surface area contributed by atoms with Crippen LogP contribution in [0.25, 0.3) is 0 Å². The normalized spacial score (nSPS) is 22.6. The molecule has 2 aliphatic rings. The number of hydrogen-bond acceptors (Lipinski definition) is 3. The molecule has 6 heteroatoms. The van der Waals surface area contributed by atoms with E-state index in [1.54, 1.807) is 11.0 Å². The highest BCUT2D eigenvalue weighted by molar-refractivity contribution is 5.97. The zero-order valence-electron chi connectivity index (χ0n) is 11.0. The van der Waals surface area contributed by atoms with Gasteiger partial charge in [0.2, 0.25) is 11.8 Å². The number of carbonyl (C=O) groups is 2. The Morgan fingerprint density at radius 1 is 1.42 bits per heavy atom. The fraction of sp³-hybridized carbons (Fsp3) is 0.615. The van der Waals surface area contributed by atoms with Crippen molar-refractivity contribution in [3.8, 4) is 0 Å². The maximum absolute atomic E-state index is 12.2. The van der Waals surface area contributed by atoms with Gasteiger partial charge in [0.25, 0.3) is 0 Å². The molecule has 19 heavy (non-hydrogen) atoms. The van der Waals surface area contributed by atoms with Crippen molar-refractivity contribution in [2.45, 2.75) is 38.6 Å². The summed E-state index contributed by atoms with van der Waals surface area (Å²) >= 11 is 0. The van der Waals surface area contributed by atoms with E-state index in [1.807, 2.05) is 6.92 Å². The van der Waals surface area contributed by atoms with Gasteiger partial charge in [-0.05, 0) is 32.6 Å². The Bertz CT molecular complexity index is 506. The Morgan fingerprint density at radius 3 is 2.84 bits per heavy atom. The van der Waals surface area contributed by atoms with Gasteiger partial charge in [-0.1, -0.05) is 0 Å². The number of aromatic nitrogens is 2. The monoisotopic (exact) mass is 262 g/mol. The maximum atomic E-state index is 12.2. The van der Waals surface area contributed by atoms with Crippen molar-refractivity contribution in [3.63, 3.8) is 0 Å². The molecule has 1 unspecified atom stereocenters. The second-order valence-electron chi connectivity index (χ2n) is 5.39. The molecule has 2 fully saturated rings. The Kier molecular flexibility index (Phi) is 3.00. The van der Waals surface area contributed by atoms with E-state index < -0.39 is 0 Å². The van der Waals surface area contributed by atoms with Crippen LogP contribution in [0.15, 0.2) is 6.07 Å². The maximum Gasteiger partial charge on any atom is 0.248 e. The third-order valence-electron chi connectivity index (χ3n) is 3.72. The Labute approximate surface area is 111 Å². The highest BCUT2D eigenvalue weighted by atomic mass is 16.2. The molecule has 1 aliphatic carbocycles. The second-order valence-corrected chi connectivity index (χ2v) is 5.39. The van der Waals surface area contributed by atoms with Crippen LogP contribution in [0.1, 0.15) is 31.4 Å². The summed E-state index contributed by atoms with van der Waals surface area (Å²) in [7, 11) is 0. The zero-order valence-corrected chi connectivity index (χ0v) is 11.0. The van der Waals surface area contributed by atoms with Crippen LogP contribution in [0, 0.1) is 12.8 Å². The van der Waals surface area contributed by atoms with Crippen LogP contribution in [-0.2, 0) is 9.59 Å². The van der Waals surface area contributed by atoms with Gasteiger partial charge >= 0.3 is 0 Å². The minimum absolute atomic E-state index is 0.127. The molecular formula is C13H18N4O2. The first kappa shape index (κ1) is 12.2. The predicted octanol–water partition coefficient (Wildman–Crippen LogP) is 1.06. The summed E-state index contributed by atoms with van der Waals surface area (Å²) in [5.74, 6) is 0.711. The van der Waals surface area contributed by atoms with E-state index in [4.69, 9.17) is 0 Å². The number of nitrogens with zero attached hydrogens (tertiary/aromatic N) is 2. The fourth-order valence-electron chi connectivity index (χ4n) is 2.56. The molecule has 1 saturated carbocycles. The summed E-state index contributed by atoms with van der Waals surface area (Å²) < 4.78 is 0. The number of amides is 2. The molecule has 1 atom stereocenters. The van der Waals surface area contributed by atoms with E-state index in [1.165, 1.54) is 0 Å². The van der Waals surface area contributed by atoms with Gasteiger partial charge in [-0.15, -0.1) is 0 Å². The molecule has 0 aromatic carbocycles. The van der Waals surface area contributed by atoms with Gasteiger partial charge < -0.3 is 10.2 Å². The molecule has 0 radical (unpaired) electrons. The first-order valence-electron chi connectivity index (χ1n) is 6.78. The van der Waals surface area contributed by atoms with Crippen LogP contribution in [0.4, 0.5) is 5.82 Å². The molecule has 1 aromatic heterocycles. The van der Waals surface area contributed by atoms with Gasteiger partial charge in [-0.3, -0.25) is 14.7 Å². The Hall–Kier alpha value is -1.85. The van der Waals surface area contributed by atoms with Gasteiger partial charge in [-0.2, -0.15) is 5.10 Å². The van der Waals surface area contributed by atoms with Crippen LogP contribution in [0.2, 0.25) is 0 Å². The zero-order chi connectivity index (χ0) is 13.4. The fourth-order valence-corrected chi connectivity index (χ4v) is 2.56. The van der Waals surface area contributed by atoms with Crippen molar-refractivity contribution in [3.05, 3.63) is 11.8 Å². The van der Waals surface area contributed by atoms with Crippen molar-refractivity contribution < 1.29 is 9.59 Å². The van der Waals surface area contributed by atoms with Crippen LogP contribution in [0.3, 0.4) is 0 Å². The molecule has 2 amide bonds. The molecule has 102 valence electrons.